The smallest absolute Gasteiger partial charge is 0.229 e. The van der Waals surface area contributed by atoms with Gasteiger partial charge in [0.15, 0.2) is 0 Å². The largest absolute Gasteiger partial charge is 0.393 e. The second-order valence-corrected chi connectivity index (χ2v) is 9.62. The topological polar surface area (TPSA) is 28.9 Å². The second kappa shape index (κ2) is 5.47. The van der Waals surface area contributed by atoms with E-state index in [9.17, 15) is 5.11 Å². The first kappa shape index (κ1) is 16.4. The van der Waals surface area contributed by atoms with Crippen LogP contribution >= 0.6 is 0 Å². The Morgan fingerprint density at radius 3 is 2.29 bits per heavy atom. The molecule has 0 radical (unpaired) electrons. The zero-order valence-electron chi connectivity index (χ0n) is 15.0. The lowest BCUT2D eigenvalue weighted by Crippen LogP contribution is -2.58. The number of hydrogen-bond acceptors (Lipinski definition) is 1. The number of aliphatic hydroxyl groups is 1. The Kier molecular flexibility index (Phi) is 3.74. The number of fused-ring (bicyclic) bond motifs is 5. The first-order chi connectivity index (χ1) is 11.4. The number of nitrogens with zero attached hydrogens (tertiary/aromatic N) is 2. The molecular weight excluding hydrogens is 296 g/mol. The van der Waals surface area contributed by atoms with Gasteiger partial charge in [-0.25, -0.2) is 13.1 Å². The molecule has 4 aliphatic rings. The summed E-state index contributed by atoms with van der Waals surface area (Å²) < 4.78 is 0. The van der Waals surface area contributed by atoms with Crippen LogP contribution in [0.5, 0.6) is 0 Å². The van der Waals surface area contributed by atoms with Crippen LogP contribution in [0.25, 0.3) is 9.69 Å². The van der Waals surface area contributed by atoms with E-state index in [-0.39, 0.29) is 23.6 Å². The molecule has 0 spiro atoms. The molecule has 0 saturated heterocycles. The van der Waals surface area contributed by atoms with Crippen LogP contribution in [0.15, 0.2) is 0 Å². The quantitative estimate of drug-likeness (QED) is 0.649. The van der Waals surface area contributed by atoms with Gasteiger partial charge in [-0.2, -0.15) is 0 Å². The maximum Gasteiger partial charge on any atom is 0.229 e. The van der Waals surface area contributed by atoms with Crippen LogP contribution in [0, 0.1) is 47.6 Å². The lowest BCUT2D eigenvalue weighted by molar-refractivity contribution is -0.124. The van der Waals surface area contributed by atoms with Crippen molar-refractivity contribution >= 4 is 0 Å². The van der Waals surface area contributed by atoms with Crippen LogP contribution in [0.3, 0.4) is 0 Å². The molecule has 4 aliphatic carbocycles. The van der Waals surface area contributed by atoms with Gasteiger partial charge in [-0.3, -0.25) is 0 Å². The van der Waals surface area contributed by atoms with E-state index in [0.29, 0.717) is 29.1 Å². The van der Waals surface area contributed by atoms with Crippen molar-refractivity contribution in [2.24, 2.45) is 34.5 Å². The lowest BCUT2D eigenvalue weighted by atomic mass is 9.44. The van der Waals surface area contributed by atoms with Gasteiger partial charge in [0, 0.05) is 24.2 Å². The normalized spacial score (nSPS) is 56.3. The van der Waals surface area contributed by atoms with E-state index in [2.05, 4.69) is 23.5 Å². The van der Waals surface area contributed by atoms with E-state index in [1.54, 1.807) is 0 Å². The van der Waals surface area contributed by atoms with E-state index in [1.165, 1.54) is 12.8 Å². The molecule has 0 amide bonds. The van der Waals surface area contributed by atoms with Crippen molar-refractivity contribution < 1.29 is 5.11 Å². The monoisotopic (exact) mass is 326 g/mol. The zero-order valence-corrected chi connectivity index (χ0v) is 15.0. The van der Waals surface area contributed by atoms with Crippen molar-refractivity contribution in [2.75, 3.05) is 0 Å². The first-order valence-corrected chi connectivity index (χ1v) is 9.85. The molecule has 4 fully saturated rings. The number of hydrogen-bond donors (Lipinski definition) is 1. The lowest BCUT2D eigenvalue weighted by Gasteiger charge is -2.59. The molecular formula is C21H30N2O. The summed E-state index contributed by atoms with van der Waals surface area (Å²) in [6, 6.07) is 0.293. The molecule has 1 N–H and O–H groups in total. The molecule has 0 heterocycles. The summed E-state index contributed by atoms with van der Waals surface area (Å²) in [5.41, 5.74) is 0.450. The van der Waals surface area contributed by atoms with Crippen LogP contribution in [0.1, 0.15) is 65.2 Å². The Hall–Kier alpha value is -1.06. The summed E-state index contributed by atoms with van der Waals surface area (Å²) in [6.45, 7) is 20.3. The molecule has 24 heavy (non-hydrogen) atoms. The van der Waals surface area contributed by atoms with Crippen molar-refractivity contribution in [2.45, 2.75) is 83.4 Å². The fourth-order valence-electron chi connectivity index (χ4n) is 7.52. The minimum absolute atomic E-state index is 0.118. The summed E-state index contributed by atoms with van der Waals surface area (Å²) in [7, 11) is 0. The van der Waals surface area contributed by atoms with Crippen LogP contribution in [-0.4, -0.2) is 23.3 Å². The van der Waals surface area contributed by atoms with Crippen molar-refractivity contribution in [3.05, 3.63) is 22.8 Å². The van der Waals surface area contributed by atoms with E-state index in [1.807, 2.05) is 0 Å². The van der Waals surface area contributed by atoms with Crippen molar-refractivity contribution in [3.63, 3.8) is 0 Å². The number of aliphatic hydroxyl groups excluding tert-OH is 1. The minimum atomic E-state index is -0.155. The molecule has 3 heteroatoms. The minimum Gasteiger partial charge on any atom is -0.393 e. The molecule has 3 nitrogen and oxygen atoms in total. The van der Waals surface area contributed by atoms with Gasteiger partial charge in [-0.1, -0.05) is 13.8 Å². The zero-order chi connectivity index (χ0) is 17.1. The fourth-order valence-corrected chi connectivity index (χ4v) is 7.52. The highest BCUT2D eigenvalue weighted by molar-refractivity contribution is 5.17. The fraction of sp³-hybridized carbons (Fsp3) is 0.905. The van der Waals surface area contributed by atoms with Gasteiger partial charge in [-0.05, 0) is 61.7 Å². The Morgan fingerprint density at radius 1 is 0.875 bits per heavy atom. The highest BCUT2D eigenvalue weighted by Crippen LogP contribution is 2.67. The molecule has 0 aliphatic heterocycles. The van der Waals surface area contributed by atoms with Crippen LogP contribution in [0.2, 0.25) is 0 Å². The average Bonchev–Trinajstić information content (AvgIpc) is 2.91. The van der Waals surface area contributed by atoms with Crippen molar-refractivity contribution in [1.29, 1.82) is 0 Å². The molecule has 0 aromatic rings. The van der Waals surface area contributed by atoms with Gasteiger partial charge in [0.05, 0.1) is 6.10 Å². The highest BCUT2D eigenvalue weighted by Gasteiger charge is 2.66. The maximum absolute atomic E-state index is 10.2. The van der Waals surface area contributed by atoms with Gasteiger partial charge in [-0.15, -0.1) is 0 Å². The third-order valence-corrected chi connectivity index (χ3v) is 8.93. The average molecular weight is 326 g/mol. The Morgan fingerprint density at radius 2 is 1.58 bits per heavy atom. The molecule has 9 atom stereocenters. The highest BCUT2D eigenvalue weighted by atomic mass is 16.3. The van der Waals surface area contributed by atoms with Crippen LogP contribution < -0.4 is 0 Å². The summed E-state index contributed by atoms with van der Waals surface area (Å²) in [5.74, 6) is 2.21. The molecule has 4 saturated carbocycles. The SMILES string of the molecule is [C-]#[N+]C1CC2CC(O)CC[C@]2(C)[C@H]2CC[C@]3(C)C([N+]#[C-])CC[C@H]3[C@H]12. The summed E-state index contributed by atoms with van der Waals surface area (Å²) in [5, 5.41) is 10.2. The Balaban J connectivity index is 1.71. The third kappa shape index (κ3) is 2.04. The molecule has 0 aromatic carbocycles. The third-order valence-electron chi connectivity index (χ3n) is 8.93. The predicted molar refractivity (Wildman–Crippen MR) is 93.9 cm³/mol. The van der Waals surface area contributed by atoms with Gasteiger partial charge < -0.3 is 14.8 Å². The molecule has 4 unspecified atom stereocenters. The van der Waals surface area contributed by atoms with Crippen molar-refractivity contribution in [3.8, 4) is 0 Å². The van der Waals surface area contributed by atoms with E-state index in [0.717, 1.165) is 38.5 Å². The van der Waals surface area contributed by atoms with Gasteiger partial charge in [0.1, 0.15) is 0 Å². The van der Waals surface area contributed by atoms with E-state index < -0.39 is 0 Å². The predicted octanol–water partition coefficient (Wildman–Crippen LogP) is 4.58. The van der Waals surface area contributed by atoms with E-state index in [4.69, 9.17) is 13.1 Å². The van der Waals surface area contributed by atoms with Crippen molar-refractivity contribution in [1.82, 2.24) is 0 Å². The van der Waals surface area contributed by atoms with Crippen LogP contribution in [0.4, 0.5) is 0 Å². The Labute approximate surface area is 146 Å². The van der Waals surface area contributed by atoms with Crippen LogP contribution in [-0.2, 0) is 0 Å². The summed E-state index contributed by atoms with van der Waals surface area (Å²) in [6.07, 6.45) is 8.34. The van der Waals surface area contributed by atoms with Gasteiger partial charge >= 0.3 is 0 Å². The second-order valence-electron chi connectivity index (χ2n) is 9.62. The van der Waals surface area contributed by atoms with E-state index >= 15 is 0 Å². The molecule has 0 bridgehead atoms. The van der Waals surface area contributed by atoms with Gasteiger partial charge in [0.25, 0.3) is 0 Å². The van der Waals surface area contributed by atoms with Gasteiger partial charge in [0.2, 0.25) is 12.1 Å². The maximum atomic E-state index is 10.2. The molecule has 4 rings (SSSR count). The summed E-state index contributed by atoms with van der Waals surface area (Å²) >= 11 is 0. The Bertz CT molecular complexity index is 604. The summed E-state index contributed by atoms with van der Waals surface area (Å²) in [4.78, 5) is 8.09. The molecule has 130 valence electrons. The first-order valence-electron chi connectivity index (χ1n) is 9.85. The molecule has 0 aromatic heterocycles. The number of rotatable bonds is 0. The standard InChI is InChI=1S/C21H30N2O/c1-20-9-7-14(24)11-13(20)12-17(22-3)19-15-5-6-18(23-4)21(15,2)10-8-16(19)20/h13-19,24H,5-12H2,1-2H3/t13?,14?,15-,16-,17?,18?,19-,20-,21-/m0/s1.